The largest absolute Gasteiger partial charge is 0.497 e. The van der Waals surface area contributed by atoms with Crippen LogP contribution in [0.1, 0.15) is 44.4 Å². The number of hydrogen-bond donors (Lipinski definition) is 1. The molecule has 0 aliphatic rings. The van der Waals surface area contributed by atoms with E-state index in [4.69, 9.17) is 4.74 Å². The number of halogens is 1. The van der Waals surface area contributed by atoms with E-state index < -0.39 is 29.2 Å². The van der Waals surface area contributed by atoms with Crippen LogP contribution in [0.5, 0.6) is 5.75 Å². The molecule has 9 heteroatoms. The molecule has 1 N–H and O–H groups in total. The van der Waals surface area contributed by atoms with Crippen molar-refractivity contribution in [1.82, 2.24) is 25.2 Å². The maximum atomic E-state index is 15.2. The number of fused-ring (bicyclic) bond motifs is 1. The van der Waals surface area contributed by atoms with Gasteiger partial charge in [-0.15, -0.1) is 5.10 Å². The van der Waals surface area contributed by atoms with Crippen molar-refractivity contribution in [2.24, 2.45) is 0 Å². The lowest BCUT2D eigenvalue weighted by molar-refractivity contribution is -0.143. The summed E-state index contributed by atoms with van der Waals surface area (Å²) in [5.74, 6) is -0.782. The summed E-state index contributed by atoms with van der Waals surface area (Å²) in [6.07, 6.45) is 0.653. The van der Waals surface area contributed by atoms with Crippen molar-refractivity contribution in [3.05, 3.63) is 89.7 Å². The lowest BCUT2D eigenvalue weighted by atomic mass is 9.98. The fourth-order valence-electron chi connectivity index (χ4n) is 4.14. The molecule has 4 aromatic rings. The van der Waals surface area contributed by atoms with Gasteiger partial charge in [-0.05, 0) is 56.2 Å². The molecular weight excluding hydrogens is 485 g/mol. The topological polar surface area (TPSA) is 89.4 Å². The van der Waals surface area contributed by atoms with E-state index in [-0.39, 0.29) is 18.7 Å². The Morgan fingerprint density at radius 1 is 1.05 bits per heavy atom. The van der Waals surface area contributed by atoms with Crippen LogP contribution in [0.3, 0.4) is 0 Å². The Morgan fingerprint density at radius 2 is 1.74 bits per heavy atom. The highest BCUT2D eigenvalue weighted by Gasteiger charge is 2.35. The first-order valence-corrected chi connectivity index (χ1v) is 12.5. The van der Waals surface area contributed by atoms with E-state index in [0.29, 0.717) is 23.2 Å². The summed E-state index contributed by atoms with van der Waals surface area (Å²) in [6.45, 7) is 5.62. The van der Waals surface area contributed by atoms with Crippen LogP contribution in [0.25, 0.3) is 11.0 Å². The van der Waals surface area contributed by atoms with Crippen LogP contribution in [-0.4, -0.2) is 44.4 Å². The van der Waals surface area contributed by atoms with Crippen LogP contribution in [0.4, 0.5) is 4.39 Å². The maximum Gasteiger partial charge on any atom is 0.247 e. The first kappa shape index (κ1) is 26.8. The summed E-state index contributed by atoms with van der Waals surface area (Å²) in [5.41, 5.74) is 1.64. The monoisotopic (exact) mass is 517 g/mol. The van der Waals surface area contributed by atoms with Crippen molar-refractivity contribution in [2.75, 3.05) is 7.11 Å². The van der Waals surface area contributed by atoms with Gasteiger partial charge in [-0.1, -0.05) is 54.6 Å². The number of ether oxygens (including phenoxy) is 1. The van der Waals surface area contributed by atoms with Gasteiger partial charge in [-0.3, -0.25) is 9.59 Å². The Balaban J connectivity index is 1.78. The summed E-state index contributed by atoms with van der Waals surface area (Å²) in [7, 11) is 1.57. The van der Waals surface area contributed by atoms with E-state index in [1.54, 1.807) is 37.4 Å². The molecule has 8 nitrogen and oxygen atoms in total. The predicted molar refractivity (Wildman–Crippen MR) is 143 cm³/mol. The number of para-hydroxylation sites is 1. The number of aromatic nitrogens is 3. The van der Waals surface area contributed by atoms with Crippen molar-refractivity contribution < 1.29 is 18.7 Å². The minimum atomic E-state index is -1.22. The molecule has 0 radical (unpaired) electrons. The zero-order valence-electron chi connectivity index (χ0n) is 22.0. The van der Waals surface area contributed by atoms with Gasteiger partial charge in [0.05, 0.1) is 12.6 Å². The van der Waals surface area contributed by atoms with E-state index in [1.165, 1.54) is 21.7 Å². The SMILES string of the molecule is CCC(C)(C)NC(=O)C(c1ccccc1F)N(Cc1ccc(OC)cc1)C(=O)Cn1nnc2ccccc21. The molecule has 0 saturated carbocycles. The second-order valence-electron chi connectivity index (χ2n) is 9.76. The molecule has 198 valence electrons. The molecule has 0 aliphatic carbocycles. The summed E-state index contributed by atoms with van der Waals surface area (Å²) < 4.78 is 21.9. The molecule has 1 atom stereocenters. The minimum absolute atomic E-state index is 0.0639. The number of nitrogens with one attached hydrogen (secondary N) is 1. The molecule has 1 aromatic heterocycles. The first-order chi connectivity index (χ1) is 18.2. The molecule has 0 saturated heterocycles. The molecule has 1 heterocycles. The lowest BCUT2D eigenvalue weighted by Crippen LogP contribution is -2.50. The zero-order chi connectivity index (χ0) is 27.3. The quantitative estimate of drug-likeness (QED) is 0.331. The number of nitrogens with zero attached hydrogens (tertiary/aromatic N) is 4. The second-order valence-corrected chi connectivity index (χ2v) is 9.76. The van der Waals surface area contributed by atoms with Crippen LogP contribution in [-0.2, 0) is 22.7 Å². The molecule has 38 heavy (non-hydrogen) atoms. The second kappa shape index (κ2) is 11.4. The summed E-state index contributed by atoms with van der Waals surface area (Å²) in [5, 5.41) is 11.3. The Hall–Kier alpha value is -4.27. The lowest BCUT2D eigenvalue weighted by Gasteiger charge is -2.35. The summed E-state index contributed by atoms with van der Waals surface area (Å²) in [6, 6.07) is 19.3. The van der Waals surface area contributed by atoms with Gasteiger partial charge in [0.15, 0.2) is 0 Å². The predicted octanol–water partition coefficient (Wildman–Crippen LogP) is 4.65. The van der Waals surface area contributed by atoms with Crippen molar-refractivity contribution >= 4 is 22.8 Å². The van der Waals surface area contributed by atoms with Gasteiger partial charge >= 0.3 is 0 Å². The highest BCUT2D eigenvalue weighted by atomic mass is 19.1. The van der Waals surface area contributed by atoms with Gasteiger partial charge in [0.2, 0.25) is 11.8 Å². The number of benzene rings is 3. The normalized spacial score (nSPS) is 12.2. The third-order valence-corrected chi connectivity index (χ3v) is 6.64. The number of carbonyl (C=O) groups excluding carboxylic acids is 2. The maximum absolute atomic E-state index is 15.2. The Bertz CT molecular complexity index is 1420. The number of carbonyl (C=O) groups is 2. The van der Waals surface area contributed by atoms with Crippen LogP contribution >= 0.6 is 0 Å². The van der Waals surface area contributed by atoms with Crippen LogP contribution in [0.15, 0.2) is 72.8 Å². The Morgan fingerprint density at radius 3 is 2.42 bits per heavy atom. The molecule has 0 bridgehead atoms. The fraction of sp³-hybridized carbons (Fsp3) is 0.310. The summed E-state index contributed by atoms with van der Waals surface area (Å²) >= 11 is 0. The number of amides is 2. The average molecular weight is 518 g/mol. The van der Waals surface area contributed by atoms with Gasteiger partial charge < -0.3 is 15.0 Å². The highest BCUT2D eigenvalue weighted by molar-refractivity contribution is 5.89. The number of rotatable bonds is 10. The number of methoxy groups -OCH3 is 1. The number of hydrogen-bond acceptors (Lipinski definition) is 5. The van der Waals surface area contributed by atoms with E-state index >= 15 is 4.39 Å². The molecule has 0 fully saturated rings. The molecule has 0 aliphatic heterocycles. The Kier molecular flexibility index (Phi) is 8.05. The highest BCUT2D eigenvalue weighted by Crippen LogP contribution is 2.28. The fourth-order valence-corrected chi connectivity index (χ4v) is 4.14. The van der Waals surface area contributed by atoms with Gasteiger partial charge in [-0.2, -0.15) is 0 Å². The smallest absolute Gasteiger partial charge is 0.247 e. The van der Waals surface area contributed by atoms with Gasteiger partial charge in [-0.25, -0.2) is 9.07 Å². The van der Waals surface area contributed by atoms with Gasteiger partial charge in [0.1, 0.15) is 29.7 Å². The molecule has 0 spiro atoms. The third-order valence-electron chi connectivity index (χ3n) is 6.64. The van der Waals surface area contributed by atoms with Gasteiger partial charge in [0.25, 0.3) is 0 Å². The zero-order valence-corrected chi connectivity index (χ0v) is 22.0. The van der Waals surface area contributed by atoms with E-state index in [2.05, 4.69) is 15.6 Å². The molecular formula is C29H32FN5O3. The van der Waals surface area contributed by atoms with E-state index in [1.807, 2.05) is 51.1 Å². The summed E-state index contributed by atoms with van der Waals surface area (Å²) in [4.78, 5) is 29.2. The van der Waals surface area contributed by atoms with Crippen LogP contribution in [0, 0.1) is 5.82 Å². The van der Waals surface area contributed by atoms with E-state index in [0.717, 1.165) is 5.56 Å². The minimum Gasteiger partial charge on any atom is -0.497 e. The third kappa shape index (κ3) is 5.99. The van der Waals surface area contributed by atoms with Gasteiger partial charge in [0, 0.05) is 17.6 Å². The van der Waals surface area contributed by atoms with Crippen molar-refractivity contribution in [3.8, 4) is 5.75 Å². The molecule has 2 amide bonds. The average Bonchev–Trinajstić information content (AvgIpc) is 3.32. The van der Waals surface area contributed by atoms with Crippen LogP contribution in [0.2, 0.25) is 0 Å². The van der Waals surface area contributed by atoms with Crippen molar-refractivity contribution in [3.63, 3.8) is 0 Å². The van der Waals surface area contributed by atoms with Crippen LogP contribution < -0.4 is 10.1 Å². The molecule has 1 unspecified atom stereocenters. The van der Waals surface area contributed by atoms with E-state index in [9.17, 15) is 9.59 Å². The first-order valence-electron chi connectivity index (χ1n) is 12.5. The Labute approximate surface area is 221 Å². The standard InChI is InChI=1S/C29H32FN5O3/c1-5-29(2,3)31-28(37)27(22-10-6-7-11-23(22)30)34(18-20-14-16-21(38-4)17-15-20)26(36)19-35-25-13-9-8-12-24(25)32-33-35/h6-17,27H,5,18-19H2,1-4H3,(H,31,37). The van der Waals surface area contributed by atoms with Crippen molar-refractivity contribution in [2.45, 2.75) is 51.9 Å². The van der Waals surface area contributed by atoms with Crippen molar-refractivity contribution in [1.29, 1.82) is 0 Å². The molecule has 3 aromatic carbocycles. The molecule has 4 rings (SSSR count).